The van der Waals surface area contributed by atoms with Gasteiger partial charge in [-0.05, 0) is 20.0 Å². The van der Waals surface area contributed by atoms with E-state index in [1.807, 2.05) is 6.92 Å². The monoisotopic (exact) mass is 236 g/mol. The average molecular weight is 236 g/mol. The highest BCUT2D eigenvalue weighted by atomic mass is 16.5. The molecular formula is C12H20N4O. The van der Waals surface area contributed by atoms with Crippen molar-refractivity contribution in [2.75, 3.05) is 19.6 Å². The van der Waals surface area contributed by atoms with E-state index >= 15 is 0 Å². The first-order valence-corrected chi connectivity index (χ1v) is 6.13. The van der Waals surface area contributed by atoms with Crippen molar-refractivity contribution in [2.45, 2.75) is 33.6 Å². The topological polar surface area (TPSA) is 66.0 Å². The summed E-state index contributed by atoms with van der Waals surface area (Å²) in [7, 11) is 0. The second kappa shape index (κ2) is 7.02. The number of nitrogens with zero attached hydrogens (tertiary/aromatic N) is 4. The summed E-state index contributed by atoms with van der Waals surface area (Å²) >= 11 is 0. The van der Waals surface area contributed by atoms with Gasteiger partial charge >= 0.3 is 0 Å². The van der Waals surface area contributed by atoms with Crippen molar-refractivity contribution < 1.29 is 4.52 Å². The van der Waals surface area contributed by atoms with Crippen molar-refractivity contribution in [1.29, 1.82) is 5.26 Å². The van der Waals surface area contributed by atoms with Crippen molar-refractivity contribution in [3.05, 3.63) is 11.7 Å². The molecule has 0 aliphatic heterocycles. The van der Waals surface area contributed by atoms with E-state index in [0.29, 0.717) is 12.3 Å². The first-order chi connectivity index (χ1) is 8.19. The first kappa shape index (κ1) is 13.7. The molecule has 1 heterocycles. The van der Waals surface area contributed by atoms with Crippen molar-refractivity contribution in [1.82, 2.24) is 15.0 Å². The van der Waals surface area contributed by atoms with Gasteiger partial charge in [-0.25, -0.2) is 0 Å². The van der Waals surface area contributed by atoms with Crippen LogP contribution in [-0.4, -0.2) is 34.7 Å². The Bertz CT molecular complexity index is 365. The highest BCUT2D eigenvalue weighted by molar-refractivity contribution is 4.92. The van der Waals surface area contributed by atoms with Gasteiger partial charge in [0.05, 0.1) is 12.0 Å². The molecule has 0 radical (unpaired) electrons. The average Bonchev–Trinajstić information content (AvgIpc) is 2.78. The van der Waals surface area contributed by atoms with Gasteiger partial charge in [0.1, 0.15) is 0 Å². The summed E-state index contributed by atoms with van der Waals surface area (Å²) in [6.45, 7) is 9.14. The summed E-state index contributed by atoms with van der Waals surface area (Å²) in [5, 5.41) is 12.6. The fourth-order valence-electron chi connectivity index (χ4n) is 1.58. The molecule has 1 rings (SSSR count). The summed E-state index contributed by atoms with van der Waals surface area (Å²) in [5.74, 6) is 1.22. The predicted molar refractivity (Wildman–Crippen MR) is 64.3 cm³/mol. The van der Waals surface area contributed by atoms with Gasteiger partial charge in [-0.3, -0.25) is 0 Å². The third-order valence-corrected chi connectivity index (χ3v) is 2.76. The van der Waals surface area contributed by atoms with Gasteiger partial charge in [0.25, 0.3) is 0 Å². The van der Waals surface area contributed by atoms with Crippen LogP contribution in [0.1, 0.15) is 32.5 Å². The summed E-state index contributed by atoms with van der Waals surface area (Å²) in [6, 6.07) is 2.16. The number of hydrogen-bond acceptors (Lipinski definition) is 5. The van der Waals surface area contributed by atoms with Gasteiger partial charge in [0.15, 0.2) is 5.82 Å². The normalized spacial score (nSPS) is 12.6. The van der Waals surface area contributed by atoms with Crippen LogP contribution >= 0.6 is 0 Å². The van der Waals surface area contributed by atoms with Gasteiger partial charge in [-0.2, -0.15) is 10.2 Å². The van der Waals surface area contributed by atoms with Gasteiger partial charge < -0.3 is 9.42 Å². The minimum absolute atomic E-state index is 0.0777. The van der Waals surface area contributed by atoms with Crippen molar-refractivity contribution in [3.63, 3.8) is 0 Å². The van der Waals surface area contributed by atoms with Gasteiger partial charge in [-0.1, -0.05) is 19.0 Å². The Labute approximate surface area is 102 Å². The zero-order valence-corrected chi connectivity index (χ0v) is 10.8. The van der Waals surface area contributed by atoms with E-state index < -0.39 is 0 Å². The molecule has 0 saturated heterocycles. The third kappa shape index (κ3) is 4.53. The molecule has 17 heavy (non-hydrogen) atoms. The van der Waals surface area contributed by atoms with Crippen molar-refractivity contribution >= 4 is 0 Å². The second-order valence-corrected chi connectivity index (χ2v) is 4.12. The molecule has 0 fully saturated rings. The SMILES string of the molecule is CCN(CC)CCc1noc(CC(C)C#N)n1. The van der Waals surface area contributed by atoms with E-state index in [1.165, 1.54) is 0 Å². The zero-order chi connectivity index (χ0) is 12.7. The predicted octanol–water partition coefficient (Wildman–Crippen LogP) is 1.66. The number of hydrogen-bond donors (Lipinski definition) is 0. The van der Waals surface area contributed by atoms with Crippen LogP contribution in [0, 0.1) is 17.2 Å². The van der Waals surface area contributed by atoms with E-state index in [4.69, 9.17) is 9.78 Å². The summed E-state index contributed by atoms with van der Waals surface area (Å²) in [5.41, 5.74) is 0. The summed E-state index contributed by atoms with van der Waals surface area (Å²) < 4.78 is 5.11. The number of rotatable bonds is 7. The Morgan fingerprint density at radius 2 is 2.12 bits per heavy atom. The molecule has 0 aromatic carbocycles. The van der Waals surface area contributed by atoms with Crippen LogP contribution < -0.4 is 0 Å². The van der Waals surface area contributed by atoms with E-state index in [2.05, 4.69) is 35.0 Å². The quantitative estimate of drug-likeness (QED) is 0.720. The molecule has 1 aromatic heterocycles. The summed E-state index contributed by atoms with van der Waals surface area (Å²) in [6.07, 6.45) is 1.33. The molecule has 0 spiro atoms. The maximum absolute atomic E-state index is 8.70. The molecule has 0 bridgehead atoms. The van der Waals surface area contributed by atoms with E-state index in [1.54, 1.807) is 0 Å². The Hall–Kier alpha value is -1.41. The zero-order valence-electron chi connectivity index (χ0n) is 10.8. The van der Waals surface area contributed by atoms with Crippen molar-refractivity contribution in [2.24, 2.45) is 5.92 Å². The third-order valence-electron chi connectivity index (χ3n) is 2.76. The lowest BCUT2D eigenvalue weighted by atomic mass is 10.1. The van der Waals surface area contributed by atoms with Crippen LogP contribution in [-0.2, 0) is 12.8 Å². The fourth-order valence-corrected chi connectivity index (χ4v) is 1.58. The van der Waals surface area contributed by atoms with Crippen LogP contribution in [0.2, 0.25) is 0 Å². The minimum Gasteiger partial charge on any atom is -0.339 e. The van der Waals surface area contributed by atoms with E-state index in [0.717, 1.165) is 31.9 Å². The standard InChI is InChI=1S/C12H20N4O/c1-4-16(5-2)7-6-11-14-12(17-15-11)8-10(3)9-13/h10H,4-8H2,1-3H3. The molecule has 0 N–H and O–H groups in total. The Morgan fingerprint density at radius 3 is 2.71 bits per heavy atom. The maximum atomic E-state index is 8.70. The molecule has 0 amide bonds. The second-order valence-electron chi connectivity index (χ2n) is 4.12. The lowest BCUT2D eigenvalue weighted by molar-refractivity contribution is 0.302. The molecule has 0 aliphatic rings. The highest BCUT2D eigenvalue weighted by Crippen LogP contribution is 2.06. The van der Waals surface area contributed by atoms with Crippen LogP contribution in [0.4, 0.5) is 0 Å². The number of nitriles is 1. The highest BCUT2D eigenvalue weighted by Gasteiger charge is 2.10. The van der Waals surface area contributed by atoms with E-state index in [-0.39, 0.29) is 5.92 Å². The molecule has 5 heteroatoms. The fraction of sp³-hybridized carbons (Fsp3) is 0.750. The Kier molecular flexibility index (Phi) is 5.64. The van der Waals surface area contributed by atoms with Gasteiger partial charge in [0.2, 0.25) is 5.89 Å². The lowest BCUT2D eigenvalue weighted by Gasteiger charge is -2.16. The van der Waals surface area contributed by atoms with Crippen LogP contribution in [0.3, 0.4) is 0 Å². The van der Waals surface area contributed by atoms with Crippen LogP contribution in [0.25, 0.3) is 0 Å². The lowest BCUT2D eigenvalue weighted by Crippen LogP contribution is -2.25. The molecular weight excluding hydrogens is 216 g/mol. The molecule has 0 saturated carbocycles. The Morgan fingerprint density at radius 1 is 1.41 bits per heavy atom. The number of likely N-dealkylation sites (N-methyl/N-ethyl adjacent to an activating group) is 1. The molecule has 5 nitrogen and oxygen atoms in total. The van der Waals surface area contributed by atoms with Gasteiger partial charge in [0, 0.05) is 19.4 Å². The first-order valence-electron chi connectivity index (χ1n) is 6.13. The maximum Gasteiger partial charge on any atom is 0.227 e. The molecule has 0 aliphatic carbocycles. The molecule has 94 valence electrons. The summed E-state index contributed by atoms with van der Waals surface area (Å²) in [4.78, 5) is 6.60. The van der Waals surface area contributed by atoms with E-state index in [9.17, 15) is 0 Å². The smallest absolute Gasteiger partial charge is 0.227 e. The van der Waals surface area contributed by atoms with Gasteiger partial charge in [-0.15, -0.1) is 0 Å². The molecule has 1 unspecified atom stereocenters. The van der Waals surface area contributed by atoms with Crippen LogP contribution in [0.5, 0.6) is 0 Å². The van der Waals surface area contributed by atoms with Crippen LogP contribution in [0.15, 0.2) is 4.52 Å². The minimum atomic E-state index is -0.0777. The van der Waals surface area contributed by atoms with Crippen molar-refractivity contribution in [3.8, 4) is 6.07 Å². The molecule has 1 aromatic rings. The Balaban J connectivity index is 2.43. The largest absolute Gasteiger partial charge is 0.339 e. The molecule has 1 atom stereocenters. The number of aromatic nitrogens is 2.